The third-order valence-corrected chi connectivity index (χ3v) is 2.45. The lowest BCUT2D eigenvalue weighted by Gasteiger charge is -2.02. The van der Waals surface area contributed by atoms with Gasteiger partial charge in [-0.05, 0) is 31.0 Å². The third kappa shape index (κ3) is 3.43. The van der Waals surface area contributed by atoms with E-state index in [1.807, 2.05) is 25.1 Å². The van der Waals surface area contributed by atoms with E-state index < -0.39 is 0 Å². The van der Waals surface area contributed by atoms with E-state index in [-0.39, 0.29) is 0 Å². The molecule has 76 valence electrons. The van der Waals surface area contributed by atoms with Crippen molar-refractivity contribution in [3.05, 3.63) is 41.5 Å². The fraction of sp³-hybridized carbons (Fsp3) is 0.333. The van der Waals surface area contributed by atoms with Crippen molar-refractivity contribution >= 4 is 11.6 Å². The Bertz CT molecular complexity index is 318. The van der Waals surface area contributed by atoms with Crippen molar-refractivity contribution in [2.75, 3.05) is 13.0 Å². The molecule has 0 aromatic heterocycles. The molecule has 0 atom stereocenters. The molecule has 1 rings (SSSR count). The first-order valence-electron chi connectivity index (χ1n) is 4.61. The van der Waals surface area contributed by atoms with Crippen molar-refractivity contribution in [3.63, 3.8) is 0 Å². The van der Waals surface area contributed by atoms with Crippen LogP contribution in [0.1, 0.15) is 12.5 Å². The lowest BCUT2D eigenvalue weighted by molar-refractivity contribution is 0.414. The molecule has 0 aliphatic rings. The smallest absolute Gasteiger partial charge is 0.119 e. The van der Waals surface area contributed by atoms with Gasteiger partial charge in [0.1, 0.15) is 5.75 Å². The van der Waals surface area contributed by atoms with Crippen LogP contribution in [0.15, 0.2) is 35.9 Å². The van der Waals surface area contributed by atoms with Crippen molar-refractivity contribution in [2.24, 2.45) is 0 Å². The number of benzene rings is 1. The second-order valence-electron chi connectivity index (χ2n) is 3.24. The number of hydrogen-bond acceptors (Lipinski definition) is 1. The Morgan fingerprint density at radius 1 is 1.50 bits per heavy atom. The largest absolute Gasteiger partial charge is 0.497 e. The van der Waals surface area contributed by atoms with Crippen LogP contribution in [-0.2, 0) is 6.42 Å². The first-order chi connectivity index (χ1) is 6.76. The highest BCUT2D eigenvalue weighted by Crippen LogP contribution is 2.13. The lowest BCUT2D eigenvalue weighted by Crippen LogP contribution is -1.87. The van der Waals surface area contributed by atoms with Crippen molar-refractivity contribution < 1.29 is 4.74 Å². The van der Waals surface area contributed by atoms with E-state index in [0.29, 0.717) is 5.88 Å². The molecule has 0 N–H and O–H groups in total. The van der Waals surface area contributed by atoms with Gasteiger partial charge in [-0.2, -0.15) is 0 Å². The summed E-state index contributed by atoms with van der Waals surface area (Å²) in [5.74, 6) is 1.50. The first-order valence-corrected chi connectivity index (χ1v) is 5.14. The molecule has 1 nitrogen and oxygen atoms in total. The highest BCUT2D eigenvalue weighted by Gasteiger charge is 1.94. The monoisotopic (exact) mass is 210 g/mol. The molecule has 0 heterocycles. The highest BCUT2D eigenvalue weighted by atomic mass is 35.5. The van der Waals surface area contributed by atoms with E-state index in [1.165, 1.54) is 11.1 Å². The number of ether oxygens (including phenoxy) is 1. The van der Waals surface area contributed by atoms with Gasteiger partial charge in [0.15, 0.2) is 0 Å². The zero-order valence-electron chi connectivity index (χ0n) is 8.59. The summed E-state index contributed by atoms with van der Waals surface area (Å²) in [5, 5.41) is 0. The van der Waals surface area contributed by atoms with Crippen LogP contribution in [0.5, 0.6) is 5.75 Å². The van der Waals surface area contributed by atoms with Crippen LogP contribution in [0, 0.1) is 0 Å². The van der Waals surface area contributed by atoms with Crippen molar-refractivity contribution in [3.8, 4) is 5.75 Å². The van der Waals surface area contributed by atoms with Gasteiger partial charge in [0.05, 0.1) is 7.11 Å². The molecule has 0 bridgehead atoms. The molecule has 1 aromatic rings. The van der Waals surface area contributed by atoms with Crippen molar-refractivity contribution in [2.45, 2.75) is 13.3 Å². The average Bonchev–Trinajstić information content (AvgIpc) is 2.26. The van der Waals surface area contributed by atoms with Crippen LogP contribution < -0.4 is 4.74 Å². The van der Waals surface area contributed by atoms with Gasteiger partial charge in [-0.3, -0.25) is 0 Å². The molecule has 0 fully saturated rings. The molecule has 0 aliphatic carbocycles. The molecule has 0 amide bonds. The maximum atomic E-state index is 5.68. The highest BCUT2D eigenvalue weighted by molar-refractivity contribution is 6.19. The number of allylic oxidation sites excluding steroid dienone is 2. The van der Waals surface area contributed by atoms with Gasteiger partial charge in [-0.25, -0.2) is 0 Å². The molecule has 0 radical (unpaired) electrons. The van der Waals surface area contributed by atoms with Crippen molar-refractivity contribution in [1.29, 1.82) is 0 Å². The maximum Gasteiger partial charge on any atom is 0.119 e. The van der Waals surface area contributed by atoms with E-state index in [1.54, 1.807) is 7.11 Å². The van der Waals surface area contributed by atoms with E-state index in [9.17, 15) is 0 Å². The summed E-state index contributed by atoms with van der Waals surface area (Å²) in [5.41, 5.74) is 2.45. The molecule has 0 unspecified atom stereocenters. The molecule has 0 saturated heterocycles. The number of alkyl halides is 1. The topological polar surface area (TPSA) is 9.23 Å². The Morgan fingerprint density at radius 3 is 2.93 bits per heavy atom. The van der Waals surface area contributed by atoms with Gasteiger partial charge in [0.2, 0.25) is 0 Å². The summed E-state index contributed by atoms with van der Waals surface area (Å²) in [7, 11) is 1.68. The first kappa shape index (κ1) is 11.1. The fourth-order valence-electron chi connectivity index (χ4n) is 1.15. The molecule has 14 heavy (non-hydrogen) atoms. The number of methoxy groups -OCH3 is 1. The molecule has 2 heteroatoms. The summed E-state index contributed by atoms with van der Waals surface area (Å²) >= 11 is 5.68. The van der Waals surface area contributed by atoms with E-state index in [4.69, 9.17) is 16.3 Å². The molecular weight excluding hydrogens is 196 g/mol. The quantitative estimate of drug-likeness (QED) is 0.547. The van der Waals surface area contributed by atoms with Gasteiger partial charge in [-0.1, -0.05) is 23.8 Å². The Morgan fingerprint density at radius 2 is 2.29 bits per heavy atom. The average molecular weight is 211 g/mol. The standard InChI is InChI=1S/C12H15ClO/c1-10(9-13)6-7-11-4-3-5-12(8-11)14-2/h3-6,8H,7,9H2,1-2H3/b10-6+. The second kappa shape index (κ2) is 5.71. The lowest BCUT2D eigenvalue weighted by atomic mass is 10.1. The van der Waals surface area contributed by atoms with Gasteiger partial charge in [0.25, 0.3) is 0 Å². The van der Waals surface area contributed by atoms with Crippen LogP contribution in [-0.4, -0.2) is 13.0 Å². The van der Waals surface area contributed by atoms with E-state index >= 15 is 0 Å². The predicted molar refractivity (Wildman–Crippen MR) is 61.2 cm³/mol. The molecular formula is C12H15ClO. The van der Waals surface area contributed by atoms with Gasteiger partial charge < -0.3 is 4.74 Å². The third-order valence-electron chi connectivity index (χ3n) is 2.03. The minimum Gasteiger partial charge on any atom is -0.497 e. The molecule has 0 aliphatic heterocycles. The number of rotatable bonds is 4. The Hall–Kier alpha value is -0.950. The molecule has 1 aromatic carbocycles. The van der Waals surface area contributed by atoms with Gasteiger partial charge >= 0.3 is 0 Å². The van der Waals surface area contributed by atoms with Crippen LogP contribution >= 0.6 is 11.6 Å². The van der Waals surface area contributed by atoms with Crippen LogP contribution in [0.25, 0.3) is 0 Å². The van der Waals surface area contributed by atoms with Gasteiger partial charge in [-0.15, -0.1) is 11.6 Å². The van der Waals surface area contributed by atoms with E-state index in [0.717, 1.165) is 12.2 Å². The van der Waals surface area contributed by atoms with Crippen LogP contribution in [0.3, 0.4) is 0 Å². The Kier molecular flexibility index (Phi) is 4.54. The summed E-state index contributed by atoms with van der Waals surface area (Å²) in [6.45, 7) is 2.03. The summed E-state index contributed by atoms with van der Waals surface area (Å²) in [6.07, 6.45) is 3.05. The van der Waals surface area contributed by atoms with E-state index in [2.05, 4.69) is 12.1 Å². The fourth-order valence-corrected chi connectivity index (χ4v) is 1.26. The zero-order chi connectivity index (χ0) is 10.4. The molecule has 0 spiro atoms. The maximum absolute atomic E-state index is 5.68. The summed E-state index contributed by atoms with van der Waals surface area (Å²) < 4.78 is 5.14. The minimum absolute atomic E-state index is 0.601. The second-order valence-corrected chi connectivity index (χ2v) is 3.51. The number of hydrogen-bond donors (Lipinski definition) is 0. The number of halogens is 1. The van der Waals surface area contributed by atoms with Gasteiger partial charge in [0, 0.05) is 5.88 Å². The summed E-state index contributed by atoms with van der Waals surface area (Å²) in [4.78, 5) is 0. The molecule has 0 saturated carbocycles. The predicted octanol–water partition coefficient (Wildman–Crippen LogP) is 3.42. The normalized spacial score (nSPS) is 11.5. The Balaban J connectivity index is 2.67. The van der Waals surface area contributed by atoms with Crippen LogP contribution in [0.4, 0.5) is 0 Å². The van der Waals surface area contributed by atoms with Crippen LogP contribution in [0.2, 0.25) is 0 Å². The minimum atomic E-state index is 0.601. The Labute approximate surface area is 90.3 Å². The SMILES string of the molecule is COc1cccc(C/C=C(\C)CCl)c1. The summed E-state index contributed by atoms with van der Waals surface area (Å²) in [6, 6.07) is 8.07. The zero-order valence-corrected chi connectivity index (χ0v) is 9.34. The van der Waals surface area contributed by atoms with Crippen molar-refractivity contribution in [1.82, 2.24) is 0 Å².